The first-order chi connectivity index (χ1) is 10.1. The fourth-order valence-corrected chi connectivity index (χ4v) is 2.25. The second kappa shape index (κ2) is 7.13. The molecule has 0 unspecified atom stereocenters. The van der Waals surface area contributed by atoms with E-state index in [-0.39, 0.29) is 5.91 Å². The van der Waals surface area contributed by atoms with Crippen LogP contribution in [0.5, 0.6) is 5.75 Å². The van der Waals surface area contributed by atoms with Gasteiger partial charge in [-0.15, -0.1) is 0 Å². The van der Waals surface area contributed by atoms with Crippen molar-refractivity contribution in [1.82, 2.24) is 5.32 Å². The summed E-state index contributed by atoms with van der Waals surface area (Å²) in [6.07, 6.45) is 0. The van der Waals surface area contributed by atoms with Crippen LogP contribution >= 0.6 is 15.9 Å². The Bertz CT molecular complexity index is 644. The summed E-state index contributed by atoms with van der Waals surface area (Å²) in [5.74, 6) is 0.591. The van der Waals surface area contributed by atoms with Crippen LogP contribution in [0.1, 0.15) is 15.9 Å². The van der Waals surface area contributed by atoms with Gasteiger partial charge in [0.15, 0.2) is 0 Å². The summed E-state index contributed by atoms with van der Waals surface area (Å²) in [4.78, 5) is 12.1. The molecule has 0 aliphatic heterocycles. The Morgan fingerprint density at radius 2 is 2.05 bits per heavy atom. The molecule has 2 rings (SSSR count). The number of nitrogen functional groups attached to an aromatic ring is 1. The molecule has 4 nitrogen and oxygen atoms in total. The number of hydrogen-bond donors (Lipinski definition) is 2. The number of hydrogen-bond acceptors (Lipinski definition) is 3. The second-order valence-electron chi connectivity index (χ2n) is 4.59. The van der Waals surface area contributed by atoms with Crippen LogP contribution < -0.4 is 15.8 Å². The van der Waals surface area contributed by atoms with E-state index in [1.807, 2.05) is 31.2 Å². The van der Waals surface area contributed by atoms with E-state index in [9.17, 15) is 4.79 Å². The largest absolute Gasteiger partial charge is 0.492 e. The van der Waals surface area contributed by atoms with Gasteiger partial charge in [0.05, 0.1) is 6.54 Å². The third-order valence-electron chi connectivity index (χ3n) is 3.03. The molecule has 0 atom stereocenters. The van der Waals surface area contributed by atoms with Crippen molar-refractivity contribution >= 4 is 27.5 Å². The lowest BCUT2D eigenvalue weighted by atomic mass is 10.1. The maximum absolute atomic E-state index is 12.1. The fraction of sp³-hybridized carbons (Fsp3) is 0.188. The van der Waals surface area contributed by atoms with Gasteiger partial charge in [-0.25, -0.2) is 0 Å². The number of rotatable bonds is 5. The number of benzene rings is 2. The van der Waals surface area contributed by atoms with Gasteiger partial charge in [-0.3, -0.25) is 4.79 Å². The lowest BCUT2D eigenvalue weighted by Crippen LogP contribution is -2.28. The molecule has 0 heterocycles. The van der Waals surface area contributed by atoms with Crippen molar-refractivity contribution in [3.63, 3.8) is 0 Å². The summed E-state index contributed by atoms with van der Waals surface area (Å²) in [7, 11) is 0. The number of ether oxygens (including phenoxy) is 1. The van der Waals surface area contributed by atoms with Gasteiger partial charge in [0.25, 0.3) is 5.91 Å². The first kappa shape index (κ1) is 15.4. The molecular weight excluding hydrogens is 332 g/mol. The van der Waals surface area contributed by atoms with Crippen LogP contribution in [-0.2, 0) is 0 Å². The molecule has 0 aliphatic carbocycles. The lowest BCUT2D eigenvalue weighted by Gasteiger charge is -2.10. The van der Waals surface area contributed by atoms with Crippen molar-refractivity contribution < 1.29 is 9.53 Å². The predicted molar refractivity (Wildman–Crippen MR) is 87.6 cm³/mol. The number of carbonyl (C=O) groups excluding carboxylic acids is 1. The van der Waals surface area contributed by atoms with Crippen molar-refractivity contribution in [3.05, 3.63) is 58.1 Å². The molecule has 0 spiro atoms. The van der Waals surface area contributed by atoms with Gasteiger partial charge in [-0.2, -0.15) is 0 Å². The van der Waals surface area contributed by atoms with Crippen LogP contribution in [0.3, 0.4) is 0 Å². The number of nitrogens with two attached hydrogens (primary N) is 1. The SMILES string of the molecule is Cc1c(Br)cccc1C(=O)NCCOc1cccc(N)c1. The van der Waals surface area contributed by atoms with Crippen LogP contribution in [0.15, 0.2) is 46.9 Å². The average molecular weight is 349 g/mol. The normalized spacial score (nSPS) is 10.2. The van der Waals surface area contributed by atoms with Gasteiger partial charge in [-0.1, -0.05) is 28.1 Å². The third kappa shape index (κ3) is 4.23. The second-order valence-corrected chi connectivity index (χ2v) is 5.44. The summed E-state index contributed by atoms with van der Waals surface area (Å²) in [6, 6.07) is 12.8. The van der Waals surface area contributed by atoms with E-state index in [1.54, 1.807) is 18.2 Å². The van der Waals surface area contributed by atoms with Crippen LogP contribution in [-0.4, -0.2) is 19.1 Å². The molecule has 0 bridgehead atoms. The van der Waals surface area contributed by atoms with Crippen LogP contribution in [0.4, 0.5) is 5.69 Å². The summed E-state index contributed by atoms with van der Waals surface area (Å²) >= 11 is 3.42. The van der Waals surface area contributed by atoms with Gasteiger partial charge in [-0.05, 0) is 36.8 Å². The number of halogens is 1. The van der Waals surface area contributed by atoms with Crippen LogP contribution in [0.25, 0.3) is 0 Å². The zero-order chi connectivity index (χ0) is 15.2. The van der Waals surface area contributed by atoms with E-state index >= 15 is 0 Å². The fourth-order valence-electron chi connectivity index (χ4n) is 1.89. The quantitative estimate of drug-likeness (QED) is 0.644. The molecule has 2 aromatic carbocycles. The zero-order valence-electron chi connectivity index (χ0n) is 11.7. The zero-order valence-corrected chi connectivity index (χ0v) is 13.3. The van der Waals surface area contributed by atoms with E-state index in [0.29, 0.717) is 30.2 Å². The van der Waals surface area contributed by atoms with Gasteiger partial charge in [0.1, 0.15) is 12.4 Å². The van der Waals surface area contributed by atoms with Crippen LogP contribution in [0, 0.1) is 6.92 Å². The molecule has 3 N–H and O–H groups in total. The molecule has 0 fully saturated rings. The number of carbonyl (C=O) groups is 1. The minimum atomic E-state index is -0.107. The molecule has 2 aromatic rings. The predicted octanol–water partition coefficient (Wildman–Crippen LogP) is 3.15. The Hall–Kier alpha value is -2.01. The van der Waals surface area contributed by atoms with Crippen molar-refractivity contribution in [2.75, 3.05) is 18.9 Å². The summed E-state index contributed by atoms with van der Waals surface area (Å²) in [5, 5.41) is 2.84. The molecule has 0 aliphatic rings. The van der Waals surface area contributed by atoms with E-state index in [1.165, 1.54) is 0 Å². The molecule has 1 amide bonds. The molecule has 21 heavy (non-hydrogen) atoms. The van der Waals surface area contributed by atoms with Crippen molar-refractivity contribution in [2.45, 2.75) is 6.92 Å². The van der Waals surface area contributed by atoms with Gasteiger partial charge < -0.3 is 15.8 Å². The average Bonchev–Trinajstić information content (AvgIpc) is 2.46. The number of amides is 1. The minimum absolute atomic E-state index is 0.107. The highest BCUT2D eigenvalue weighted by Gasteiger charge is 2.09. The molecule has 0 saturated carbocycles. The summed E-state index contributed by atoms with van der Waals surface area (Å²) < 4.78 is 6.45. The molecule has 0 saturated heterocycles. The van der Waals surface area contributed by atoms with Gasteiger partial charge in [0, 0.05) is 21.8 Å². The minimum Gasteiger partial charge on any atom is -0.492 e. The number of nitrogens with one attached hydrogen (secondary N) is 1. The van der Waals surface area contributed by atoms with Crippen molar-refractivity contribution in [3.8, 4) is 5.75 Å². The Morgan fingerprint density at radius 3 is 2.81 bits per heavy atom. The van der Waals surface area contributed by atoms with E-state index in [0.717, 1.165) is 10.0 Å². The molecular formula is C16H17BrN2O2. The highest BCUT2D eigenvalue weighted by molar-refractivity contribution is 9.10. The van der Waals surface area contributed by atoms with Crippen LogP contribution in [0.2, 0.25) is 0 Å². The smallest absolute Gasteiger partial charge is 0.251 e. The maximum Gasteiger partial charge on any atom is 0.251 e. The standard InChI is InChI=1S/C16H17BrN2O2/c1-11-14(6-3-7-15(11)17)16(20)19-8-9-21-13-5-2-4-12(18)10-13/h2-7,10H,8-9,18H2,1H3,(H,19,20). The first-order valence-electron chi connectivity index (χ1n) is 6.59. The van der Waals surface area contributed by atoms with E-state index in [2.05, 4.69) is 21.2 Å². The lowest BCUT2D eigenvalue weighted by molar-refractivity contribution is 0.0946. The third-order valence-corrected chi connectivity index (χ3v) is 3.89. The Labute approximate surface area is 132 Å². The van der Waals surface area contributed by atoms with Gasteiger partial charge >= 0.3 is 0 Å². The number of anilines is 1. The molecule has 110 valence electrons. The van der Waals surface area contributed by atoms with E-state index < -0.39 is 0 Å². The first-order valence-corrected chi connectivity index (χ1v) is 7.39. The monoisotopic (exact) mass is 348 g/mol. The molecule has 0 radical (unpaired) electrons. The van der Waals surface area contributed by atoms with E-state index in [4.69, 9.17) is 10.5 Å². The Kier molecular flexibility index (Phi) is 5.22. The Balaban J connectivity index is 1.83. The van der Waals surface area contributed by atoms with Crippen molar-refractivity contribution in [2.24, 2.45) is 0 Å². The Morgan fingerprint density at radius 1 is 1.29 bits per heavy atom. The van der Waals surface area contributed by atoms with Gasteiger partial charge in [0.2, 0.25) is 0 Å². The highest BCUT2D eigenvalue weighted by atomic mass is 79.9. The maximum atomic E-state index is 12.1. The topological polar surface area (TPSA) is 64.3 Å². The summed E-state index contributed by atoms with van der Waals surface area (Å²) in [6.45, 7) is 2.73. The van der Waals surface area contributed by atoms with Crippen molar-refractivity contribution in [1.29, 1.82) is 0 Å². The highest BCUT2D eigenvalue weighted by Crippen LogP contribution is 2.19. The molecule has 5 heteroatoms. The molecule has 0 aromatic heterocycles. The summed E-state index contributed by atoms with van der Waals surface area (Å²) in [5.41, 5.74) is 7.90.